The van der Waals surface area contributed by atoms with Crippen LogP contribution in [0.2, 0.25) is 0 Å². The molecule has 1 heterocycles. The molecule has 1 amide bonds. The molecule has 164 valence electrons. The molecule has 7 heteroatoms. The molecule has 0 aliphatic heterocycles. The minimum atomic E-state index is -0.318. The van der Waals surface area contributed by atoms with Gasteiger partial charge in [0, 0.05) is 17.7 Å². The average Bonchev–Trinajstić information content (AvgIpc) is 3.10. The number of hydrogen-bond acceptors (Lipinski definition) is 4. The maximum atomic E-state index is 13.4. The van der Waals surface area contributed by atoms with Crippen molar-refractivity contribution in [2.24, 2.45) is 11.3 Å². The van der Waals surface area contributed by atoms with Crippen molar-refractivity contribution >= 4 is 11.6 Å². The maximum absolute atomic E-state index is 13.4. The largest absolute Gasteiger partial charge is 0.462 e. The van der Waals surface area contributed by atoms with Crippen molar-refractivity contribution in [3.05, 3.63) is 54.3 Å². The fraction of sp³-hybridized carbons (Fsp3) is 0.375. The molecule has 1 N–H and O–H groups in total. The molecule has 0 bridgehead atoms. The summed E-state index contributed by atoms with van der Waals surface area (Å²) in [5.41, 5.74) is 2.09. The number of nitrogens with zero attached hydrogens (tertiary/aromatic N) is 3. The summed E-state index contributed by atoms with van der Waals surface area (Å²) in [5, 5.41) is 7.41. The number of benzene rings is 2. The van der Waals surface area contributed by atoms with E-state index in [-0.39, 0.29) is 23.1 Å². The Morgan fingerprint density at radius 2 is 1.74 bits per heavy atom. The van der Waals surface area contributed by atoms with Crippen LogP contribution in [0.5, 0.6) is 6.01 Å². The Balaban J connectivity index is 1.87. The van der Waals surface area contributed by atoms with Crippen molar-refractivity contribution in [1.82, 2.24) is 14.8 Å². The topological polar surface area (TPSA) is 69.0 Å². The Hall–Kier alpha value is -3.22. The van der Waals surface area contributed by atoms with Crippen molar-refractivity contribution in [2.75, 3.05) is 11.9 Å². The number of amides is 1. The molecule has 0 radical (unpaired) electrons. The van der Waals surface area contributed by atoms with Crippen molar-refractivity contribution in [1.29, 1.82) is 0 Å². The third kappa shape index (κ3) is 6.38. The highest BCUT2D eigenvalue weighted by atomic mass is 19.1. The van der Waals surface area contributed by atoms with E-state index in [9.17, 15) is 9.18 Å². The highest BCUT2D eigenvalue weighted by Crippen LogP contribution is 2.25. The molecule has 0 fully saturated rings. The van der Waals surface area contributed by atoms with E-state index >= 15 is 0 Å². The second-order valence-corrected chi connectivity index (χ2v) is 9.17. The van der Waals surface area contributed by atoms with Crippen LogP contribution >= 0.6 is 0 Å². The van der Waals surface area contributed by atoms with Crippen LogP contribution in [0.4, 0.5) is 10.1 Å². The highest BCUT2D eigenvalue weighted by Gasteiger charge is 2.17. The van der Waals surface area contributed by atoms with Gasteiger partial charge in [0.1, 0.15) is 5.82 Å². The van der Waals surface area contributed by atoms with Gasteiger partial charge in [0.2, 0.25) is 5.91 Å². The van der Waals surface area contributed by atoms with Crippen molar-refractivity contribution < 1.29 is 13.9 Å². The van der Waals surface area contributed by atoms with Gasteiger partial charge in [-0.3, -0.25) is 4.79 Å². The van der Waals surface area contributed by atoms with Gasteiger partial charge in [0.15, 0.2) is 5.82 Å². The van der Waals surface area contributed by atoms with Gasteiger partial charge in [-0.05, 0) is 59.9 Å². The monoisotopic (exact) mass is 424 g/mol. The first kappa shape index (κ1) is 22.5. The average molecular weight is 425 g/mol. The van der Waals surface area contributed by atoms with Crippen LogP contribution in [-0.2, 0) is 4.79 Å². The van der Waals surface area contributed by atoms with Crippen LogP contribution in [0.1, 0.15) is 41.0 Å². The predicted molar refractivity (Wildman–Crippen MR) is 120 cm³/mol. The molecule has 3 rings (SSSR count). The lowest BCUT2D eigenvalue weighted by atomic mass is 9.92. The first-order chi connectivity index (χ1) is 14.6. The number of hydrogen-bond donors (Lipinski definition) is 1. The van der Waals surface area contributed by atoms with Crippen molar-refractivity contribution in [3.8, 4) is 23.1 Å². The molecule has 31 heavy (non-hydrogen) atoms. The maximum Gasteiger partial charge on any atom is 0.336 e. The summed E-state index contributed by atoms with van der Waals surface area (Å²) in [6.07, 6.45) is 0.434. The molecular weight excluding hydrogens is 395 g/mol. The molecular formula is C24H29FN4O2. The van der Waals surface area contributed by atoms with Gasteiger partial charge in [0.25, 0.3) is 0 Å². The van der Waals surface area contributed by atoms with E-state index in [2.05, 4.69) is 15.4 Å². The zero-order valence-corrected chi connectivity index (χ0v) is 18.6. The van der Waals surface area contributed by atoms with E-state index in [0.717, 1.165) is 11.3 Å². The van der Waals surface area contributed by atoms with Gasteiger partial charge >= 0.3 is 6.01 Å². The third-order valence-electron chi connectivity index (χ3n) is 4.32. The molecule has 1 aromatic heterocycles. The van der Waals surface area contributed by atoms with Gasteiger partial charge in [-0.1, -0.05) is 34.6 Å². The summed E-state index contributed by atoms with van der Waals surface area (Å²) in [4.78, 5) is 16.7. The summed E-state index contributed by atoms with van der Waals surface area (Å²) in [5.74, 6) is 0.527. The number of halogens is 1. The van der Waals surface area contributed by atoms with Crippen LogP contribution < -0.4 is 10.1 Å². The molecule has 6 nitrogen and oxygen atoms in total. The van der Waals surface area contributed by atoms with Gasteiger partial charge < -0.3 is 10.1 Å². The first-order valence-electron chi connectivity index (χ1n) is 10.4. The standard InChI is InChI=1S/C24H29FN4O2/c1-16(2)15-31-23-27-22(17-6-8-18(25)9-7-17)29(28-23)20-12-10-19(11-13-20)26-21(30)14-24(3,4)5/h6-13,16H,14-15H2,1-5H3,(H,26,30). The summed E-state index contributed by atoms with van der Waals surface area (Å²) < 4.78 is 20.8. The number of carbonyl (C=O) groups is 1. The van der Waals surface area contributed by atoms with Gasteiger partial charge in [-0.25, -0.2) is 9.07 Å². The SMILES string of the molecule is CC(C)COc1nc(-c2ccc(F)cc2)n(-c2ccc(NC(=O)CC(C)(C)C)cc2)n1. The number of ether oxygens (including phenoxy) is 1. The number of anilines is 1. The molecule has 0 aliphatic carbocycles. The summed E-state index contributed by atoms with van der Waals surface area (Å²) in [6, 6.07) is 13.7. The molecule has 0 spiro atoms. The number of carbonyl (C=O) groups excluding carboxylic acids is 1. The zero-order chi connectivity index (χ0) is 22.6. The molecule has 0 unspecified atom stereocenters. The molecule has 2 aromatic carbocycles. The Labute approximate surface area is 182 Å². The smallest absolute Gasteiger partial charge is 0.336 e. The fourth-order valence-corrected chi connectivity index (χ4v) is 2.93. The Bertz CT molecular complexity index is 1020. The minimum absolute atomic E-state index is 0.0302. The quantitative estimate of drug-likeness (QED) is 0.545. The van der Waals surface area contributed by atoms with E-state index in [1.54, 1.807) is 16.8 Å². The Morgan fingerprint density at radius 3 is 2.32 bits per heavy atom. The van der Waals surface area contributed by atoms with Crippen LogP contribution in [0.15, 0.2) is 48.5 Å². The number of aromatic nitrogens is 3. The first-order valence-corrected chi connectivity index (χ1v) is 10.4. The van der Waals surface area contributed by atoms with Crippen LogP contribution in [0.25, 0.3) is 17.1 Å². The number of nitrogens with one attached hydrogen (secondary N) is 1. The second kappa shape index (κ2) is 9.29. The van der Waals surface area contributed by atoms with Crippen LogP contribution in [0.3, 0.4) is 0 Å². The predicted octanol–water partition coefficient (Wildman–Crippen LogP) is 5.48. The molecule has 0 atom stereocenters. The summed E-state index contributed by atoms with van der Waals surface area (Å²) in [7, 11) is 0. The van der Waals surface area contributed by atoms with E-state index in [1.807, 2.05) is 58.9 Å². The summed E-state index contributed by atoms with van der Waals surface area (Å²) >= 11 is 0. The van der Waals surface area contributed by atoms with Gasteiger partial charge in [-0.2, -0.15) is 4.98 Å². The van der Waals surface area contributed by atoms with Crippen molar-refractivity contribution in [3.63, 3.8) is 0 Å². The fourth-order valence-electron chi connectivity index (χ4n) is 2.93. The molecule has 0 saturated heterocycles. The number of rotatable bonds is 7. The summed E-state index contributed by atoms with van der Waals surface area (Å²) in [6.45, 7) is 10.7. The third-order valence-corrected chi connectivity index (χ3v) is 4.32. The molecule has 0 saturated carbocycles. The van der Waals surface area contributed by atoms with Gasteiger partial charge in [-0.15, -0.1) is 5.10 Å². The molecule has 0 aliphatic rings. The minimum Gasteiger partial charge on any atom is -0.462 e. The van der Waals surface area contributed by atoms with E-state index in [0.29, 0.717) is 30.5 Å². The molecule has 3 aromatic rings. The van der Waals surface area contributed by atoms with E-state index in [1.165, 1.54) is 12.1 Å². The van der Waals surface area contributed by atoms with Crippen molar-refractivity contribution in [2.45, 2.75) is 41.0 Å². The van der Waals surface area contributed by atoms with E-state index < -0.39 is 0 Å². The zero-order valence-electron chi connectivity index (χ0n) is 18.6. The lowest BCUT2D eigenvalue weighted by Gasteiger charge is -2.17. The van der Waals surface area contributed by atoms with Gasteiger partial charge in [0.05, 0.1) is 12.3 Å². The normalized spacial score (nSPS) is 11.6. The lowest BCUT2D eigenvalue weighted by Crippen LogP contribution is -2.19. The van der Waals surface area contributed by atoms with Crippen LogP contribution in [0, 0.1) is 17.2 Å². The van der Waals surface area contributed by atoms with Crippen LogP contribution in [-0.4, -0.2) is 27.3 Å². The Morgan fingerprint density at radius 1 is 1.10 bits per heavy atom. The Kier molecular flexibility index (Phi) is 6.73. The highest BCUT2D eigenvalue weighted by molar-refractivity contribution is 5.91. The lowest BCUT2D eigenvalue weighted by molar-refractivity contribution is -0.117. The van der Waals surface area contributed by atoms with E-state index in [4.69, 9.17) is 4.74 Å². The second-order valence-electron chi connectivity index (χ2n) is 9.17.